The summed E-state index contributed by atoms with van der Waals surface area (Å²) in [7, 11) is -1.12. The second kappa shape index (κ2) is 13.9. The predicted molar refractivity (Wildman–Crippen MR) is 196 cm³/mol. The topological polar surface area (TPSA) is 0 Å². The Hall–Kier alpha value is -3.82. The third kappa shape index (κ3) is 7.11. The van der Waals surface area contributed by atoms with Crippen molar-refractivity contribution in [2.75, 3.05) is 0 Å². The highest BCUT2D eigenvalue weighted by molar-refractivity contribution is 7.72. The van der Waals surface area contributed by atoms with Crippen LogP contribution in [0.25, 0.3) is 11.1 Å². The Balaban J connectivity index is 1.40. The zero-order valence-electron chi connectivity index (χ0n) is 26.2. The maximum atomic E-state index is 2.35. The third-order valence-corrected chi connectivity index (χ3v) is 13.4. The number of rotatable bonds is 9. The molecule has 0 saturated heterocycles. The molecular formula is C42H40P2. The van der Waals surface area contributed by atoms with E-state index in [2.05, 4.69) is 173 Å². The standard InChI is InChI=1S/C42H40P2/c1-31-13-21-37(22-14-31)43(38-23-15-32(2)16-24-38)29-35-9-5-7-11-41(35)42-12-8-6-10-36(42)30-44(39-25-17-33(3)18-26-39)40-27-19-34(4)20-28-40/h5-28H,29-30H2,1-4H3. The van der Waals surface area contributed by atoms with Crippen LogP contribution in [-0.4, -0.2) is 0 Å². The lowest BCUT2D eigenvalue weighted by atomic mass is 9.97. The first-order valence-corrected chi connectivity index (χ1v) is 18.5. The van der Waals surface area contributed by atoms with E-state index in [4.69, 9.17) is 0 Å². The molecule has 6 aromatic rings. The fraction of sp³-hybridized carbons (Fsp3) is 0.143. The average molecular weight is 607 g/mol. The van der Waals surface area contributed by atoms with Crippen molar-refractivity contribution in [2.24, 2.45) is 0 Å². The molecule has 0 amide bonds. The van der Waals surface area contributed by atoms with E-state index in [0.717, 1.165) is 12.3 Å². The van der Waals surface area contributed by atoms with Gasteiger partial charge in [0.2, 0.25) is 0 Å². The summed E-state index contributed by atoms with van der Waals surface area (Å²) in [5.41, 5.74) is 10.8. The summed E-state index contributed by atoms with van der Waals surface area (Å²) in [5, 5.41) is 5.72. The molecule has 0 unspecified atom stereocenters. The molecule has 0 spiro atoms. The van der Waals surface area contributed by atoms with Gasteiger partial charge in [-0.05, 0) is 87.0 Å². The molecule has 218 valence electrons. The fourth-order valence-electron chi connectivity index (χ4n) is 5.74. The smallest absolute Gasteiger partial charge is 0.00136 e. The van der Waals surface area contributed by atoms with E-state index in [1.54, 1.807) is 0 Å². The van der Waals surface area contributed by atoms with Crippen molar-refractivity contribution in [3.05, 3.63) is 179 Å². The molecule has 0 aliphatic carbocycles. The van der Waals surface area contributed by atoms with Crippen LogP contribution in [0, 0.1) is 27.7 Å². The van der Waals surface area contributed by atoms with Gasteiger partial charge in [-0.3, -0.25) is 0 Å². The molecule has 2 heteroatoms. The van der Waals surface area contributed by atoms with E-state index in [9.17, 15) is 0 Å². The fourth-order valence-corrected chi connectivity index (χ4v) is 10.3. The normalized spacial score (nSPS) is 11.3. The van der Waals surface area contributed by atoms with Crippen LogP contribution < -0.4 is 21.2 Å². The number of benzene rings is 6. The van der Waals surface area contributed by atoms with Crippen LogP contribution in [0.2, 0.25) is 0 Å². The van der Waals surface area contributed by atoms with Crippen molar-refractivity contribution >= 4 is 37.1 Å². The maximum Gasteiger partial charge on any atom is 0.00136 e. The highest BCUT2D eigenvalue weighted by atomic mass is 31.1. The van der Waals surface area contributed by atoms with Crippen molar-refractivity contribution in [3.8, 4) is 11.1 Å². The molecule has 6 aromatic carbocycles. The quantitative estimate of drug-likeness (QED) is 0.144. The van der Waals surface area contributed by atoms with E-state index in [1.807, 2.05) is 0 Å². The highest BCUT2D eigenvalue weighted by Gasteiger charge is 2.20. The Labute approximate surface area is 266 Å². The summed E-state index contributed by atoms with van der Waals surface area (Å²) in [6.45, 7) is 8.69. The summed E-state index contributed by atoms with van der Waals surface area (Å²) >= 11 is 0. The van der Waals surface area contributed by atoms with Crippen molar-refractivity contribution in [3.63, 3.8) is 0 Å². The monoisotopic (exact) mass is 606 g/mol. The van der Waals surface area contributed by atoms with Crippen LogP contribution in [0.15, 0.2) is 146 Å². The SMILES string of the molecule is Cc1ccc(P(Cc2ccccc2-c2ccccc2CP(c2ccc(C)cc2)c2ccc(C)cc2)c2ccc(C)cc2)cc1. The van der Waals surface area contributed by atoms with E-state index in [1.165, 1.54) is 65.7 Å². The average Bonchev–Trinajstić information content (AvgIpc) is 3.05. The summed E-state index contributed by atoms with van der Waals surface area (Å²) in [5.74, 6) is 0. The Morgan fingerprint density at radius 3 is 0.841 bits per heavy atom. The van der Waals surface area contributed by atoms with Gasteiger partial charge in [-0.25, -0.2) is 0 Å². The summed E-state index contributed by atoms with van der Waals surface area (Å²) in [6.07, 6.45) is 2.02. The second-order valence-corrected chi connectivity index (χ2v) is 16.2. The number of aryl methyl sites for hydroxylation is 4. The van der Waals surface area contributed by atoms with Gasteiger partial charge in [-0.15, -0.1) is 0 Å². The predicted octanol–water partition coefficient (Wildman–Crippen LogP) is 9.85. The summed E-state index contributed by atoms with van der Waals surface area (Å²) < 4.78 is 0. The van der Waals surface area contributed by atoms with Gasteiger partial charge >= 0.3 is 0 Å². The molecule has 0 aliphatic rings. The minimum absolute atomic E-state index is 0.559. The van der Waals surface area contributed by atoms with E-state index in [-0.39, 0.29) is 0 Å². The second-order valence-electron chi connectivity index (χ2n) is 11.8. The van der Waals surface area contributed by atoms with E-state index < -0.39 is 15.8 Å². The lowest BCUT2D eigenvalue weighted by Gasteiger charge is -2.24. The Kier molecular flexibility index (Phi) is 9.52. The first-order valence-electron chi connectivity index (χ1n) is 15.4. The van der Waals surface area contributed by atoms with Gasteiger partial charge in [0, 0.05) is 12.3 Å². The largest absolute Gasteiger partial charge is 0.0619 e. The van der Waals surface area contributed by atoms with Crippen LogP contribution in [-0.2, 0) is 12.3 Å². The maximum absolute atomic E-state index is 2.35. The molecule has 0 N–H and O–H groups in total. The first kappa shape index (κ1) is 30.2. The van der Waals surface area contributed by atoms with Crippen molar-refractivity contribution in [2.45, 2.75) is 40.0 Å². The molecule has 0 nitrogen and oxygen atoms in total. The minimum atomic E-state index is -0.559. The van der Waals surface area contributed by atoms with Crippen LogP contribution in [0.1, 0.15) is 33.4 Å². The number of hydrogen-bond acceptors (Lipinski definition) is 0. The van der Waals surface area contributed by atoms with Gasteiger partial charge in [0.25, 0.3) is 0 Å². The molecule has 0 radical (unpaired) electrons. The zero-order chi connectivity index (χ0) is 30.5. The molecule has 44 heavy (non-hydrogen) atoms. The lowest BCUT2D eigenvalue weighted by Crippen LogP contribution is -2.14. The van der Waals surface area contributed by atoms with Gasteiger partial charge in [-0.1, -0.05) is 168 Å². The Morgan fingerprint density at radius 2 is 0.568 bits per heavy atom. The van der Waals surface area contributed by atoms with Crippen LogP contribution in [0.4, 0.5) is 0 Å². The van der Waals surface area contributed by atoms with Gasteiger partial charge in [0.05, 0.1) is 0 Å². The molecular weight excluding hydrogens is 566 g/mol. The molecule has 0 heterocycles. The molecule has 0 bridgehead atoms. The minimum Gasteiger partial charge on any atom is -0.0619 e. The summed E-state index contributed by atoms with van der Waals surface area (Å²) in [4.78, 5) is 0. The Bertz CT molecular complexity index is 1590. The van der Waals surface area contributed by atoms with E-state index >= 15 is 0 Å². The first-order chi connectivity index (χ1) is 21.4. The molecule has 0 saturated carbocycles. The third-order valence-electron chi connectivity index (χ3n) is 8.36. The van der Waals surface area contributed by atoms with Crippen LogP contribution >= 0.6 is 15.8 Å². The zero-order valence-corrected chi connectivity index (χ0v) is 28.0. The van der Waals surface area contributed by atoms with Gasteiger partial charge < -0.3 is 0 Å². The lowest BCUT2D eigenvalue weighted by molar-refractivity contribution is 1.35. The van der Waals surface area contributed by atoms with Crippen LogP contribution in [0.3, 0.4) is 0 Å². The van der Waals surface area contributed by atoms with Gasteiger partial charge in [-0.2, -0.15) is 0 Å². The van der Waals surface area contributed by atoms with Crippen LogP contribution in [0.5, 0.6) is 0 Å². The molecule has 0 atom stereocenters. The number of hydrogen-bond donors (Lipinski definition) is 0. The molecule has 0 aliphatic heterocycles. The summed E-state index contributed by atoms with van der Waals surface area (Å²) in [6, 6.07) is 55.1. The molecule has 0 fully saturated rings. The molecule has 0 aromatic heterocycles. The van der Waals surface area contributed by atoms with Crippen molar-refractivity contribution in [1.82, 2.24) is 0 Å². The van der Waals surface area contributed by atoms with Crippen molar-refractivity contribution in [1.29, 1.82) is 0 Å². The Morgan fingerprint density at radius 1 is 0.318 bits per heavy atom. The molecule has 6 rings (SSSR count). The highest BCUT2D eigenvalue weighted by Crippen LogP contribution is 2.44. The van der Waals surface area contributed by atoms with Crippen molar-refractivity contribution < 1.29 is 0 Å². The van der Waals surface area contributed by atoms with Gasteiger partial charge in [0.15, 0.2) is 0 Å². The van der Waals surface area contributed by atoms with E-state index in [0.29, 0.717) is 0 Å². The van der Waals surface area contributed by atoms with Gasteiger partial charge in [0.1, 0.15) is 0 Å².